The van der Waals surface area contributed by atoms with Crippen LogP contribution < -0.4 is 5.32 Å². The van der Waals surface area contributed by atoms with Gasteiger partial charge in [-0.3, -0.25) is 4.79 Å². The minimum Gasteiger partial charge on any atom is -0.394 e. The number of nitrogens with one attached hydrogen (secondary N) is 1. The third-order valence-electron chi connectivity index (χ3n) is 3.54. The molecule has 1 unspecified atom stereocenters. The maximum atomic E-state index is 11.2. The molecule has 1 aliphatic rings. The Kier molecular flexibility index (Phi) is 4.26. The molecule has 0 saturated carbocycles. The molecule has 0 aromatic rings. The maximum Gasteiger partial charge on any atom is 0.217 e. The molecule has 5 nitrogen and oxygen atoms in total. The third kappa shape index (κ3) is 3.40. The second kappa shape index (κ2) is 6.33. The Balaban J connectivity index is 2.70. The molecule has 1 saturated heterocycles. The van der Waals surface area contributed by atoms with Crippen molar-refractivity contribution >= 4 is 5.91 Å². The van der Waals surface area contributed by atoms with E-state index in [1.165, 1.54) is 6.92 Å². The first-order valence-corrected chi connectivity index (χ1v) is 5.86. The Bertz CT molecular complexity index is 301. The van der Waals surface area contributed by atoms with E-state index >= 15 is 0 Å². The van der Waals surface area contributed by atoms with Crippen LogP contribution in [0.25, 0.3) is 0 Å². The van der Waals surface area contributed by atoms with Crippen LogP contribution in [-0.4, -0.2) is 49.5 Å². The number of hydrogen-bond donors (Lipinski definition) is 2. The van der Waals surface area contributed by atoms with Crippen molar-refractivity contribution in [3.8, 4) is 0 Å². The molecular formula is C12H23NO4. The normalized spacial score (nSPS) is 41.3. The number of hydrogen-bond acceptors (Lipinski definition) is 4. The summed E-state index contributed by atoms with van der Waals surface area (Å²) in [4.78, 5) is 11.2. The Morgan fingerprint density at radius 3 is 2.82 bits per heavy atom. The summed E-state index contributed by atoms with van der Waals surface area (Å²) in [6, 6.07) is -0.239. The largest absolute Gasteiger partial charge is 0.394 e. The Morgan fingerprint density at radius 1 is 1.59 bits per heavy atom. The van der Waals surface area contributed by atoms with Crippen molar-refractivity contribution in [3.05, 3.63) is 0 Å². The van der Waals surface area contributed by atoms with E-state index in [1.54, 1.807) is 0 Å². The molecule has 0 aromatic carbocycles. The van der Waals surface area contributed by atoms with Crippen LogP contribution in [0.5, 0.6) is 0 Å². The van der Waals surface area contributed by atoms with Crippen molar-refractivity contribution in [1.29, 1.82) is 0 Å². The number of aliphatic hydroxyl groups excluding tert-OH is 1. The Hall–Kier alpha value is -0.650. The van der Waals surface area contributed by atoms with Crippen molar-refractivity contribution in [1.82, 2.24) is 5.32 Å². The van der Waals surface area contributed by atoms with Crippen molar-refractivity contribution in [2.75, 3.05) is 20.3 Å². The van der Waals surface area contributed by atoms with Gasteiger partial charge in [0, 0.05) is 14.0 Å². The van der Waals surface area contributed by atoms with Gasteiger partial charge in [-0.25, -0.2) is 0 Å². The van der Waals surface area contributed by atoms with Gasteiger partial charge in [-0.05, 0) is 11.8 Å². The predicted octanol–water partition coefficient (Wildman–Crippen LogP) is 0.169. The smallest absolute Gasteiger partial charge is 0.217 e. The van der Waals surface area contributed by atoms with Crippen LogP contribution in [0, 0.1) is 11.8 Å². The fourth-order valence-corrected chi connectivity index (χ4v) is 2.34. The molecule has 0 aromatic heterocycles. The fraction of sp³-hybridized carbons (Fsp3) is 0.917. The summed E-state index contributed by atoms with van der Waals surface area (Å²) in [6.45, 7) is 5.36. The molecular weight excluding hydrogens is 222 g/mol. The average molecular weight is 248 g/mol. The van der Waals surface area contributed by atoms with Gasteiger partial charge < -0.3 is 19.9 Å². The maximum absolute atomic E-state index is 11.2. The molecule has 1 amide bonds. The lowest BCUT2D eigenvalue weighted by Crippen LogP contribution is -2.58. The number of carbonyl (C=O) groups excluding carboxylic acids is 1. The van der Waals surface area contributed by atoms with Crippen molar-refractivity contribution in [2.24, 2.45) is 11.8 Å². The van der Waals surface area contributed by atoms with Crippen LogP contribution in [0.4, 0.5) is 0 Å². The second-order valence-corrected chi connectivity index (χ2v) is 4.67. The zero-order valence-electron chi connectivity index (χ0n) is 12.6. The van der Waals surface area contributed by atoms with Gasteiger partial charge in [-0.15, -0.1) is 0 Å². The number of ether oxygens (including phenoxy) is 2. The zero-order valence-corrected chi connectivity index (χ0v) is 10.6. The van der Waals surface area contributed by atoms with Crippen molar-refractivity contribution < 1.29 is 22.1 Å². The lowest BCUT2D eigenvalue weighted by molar-refractivity contribution is -0.157. The number of methoxy groups -OCH3 is 1. The SMILES string of the molecule is [2H]C([3H])OC[C@H]1O[C@@H](CO)[C@H](NC(C)=O)[C@H](C)[C@H]1C. The minimum atomic E-state index is -1.34. The summed E-state index contributed by atoms with van der Waals surface area (Å²) in [5, 5.41) is 12.2. The first-order valence-electron chi connectivity index (χ1n) is 7.01. The van der Waals surface area contributed by atoms with Crippen LogP contribution in [-0.2, 0) is 14.3 Å². The van der Waals surface area contributed by atoms with Crippen LogP contribution in [0.2, 0.25) is 0 Å². The highest BCUT2D eigenvalue weighted by Gasteiger charge is 2.41. The van der Waals surface area contributed by atoms with Crippen LogP contribution in [0.1, 0.15) is 23.5 Å². The van der Waals surface area contributed by atoms with Gasteiger partial charge in [0.25, 0.3) is 0 Å². The van der Waals surface area contributed by atoms with Gasteiger partial charge in [-0.1, -0.05) is 13.8 Å². The molecule has 17 heavy (non-hydrogen) atoms. The second-order valence-electron chi connectivity index (χ2n) is 4.67. The number of amides is 1. The van der Waals surface area contributed by atoms with Crippen molar-refractivity contribution in [2.45, 2.75) is 39.0 Å². The molecule has 0 bridgehead atoms. The van der Waals surface area contributed by atoms with Gasteiger partial charge in [0.1, 0.15) is 6.10 Å². The van der Waals surface area contributed by atoms with E-state index in [9.17, 15) is 9.90 Å². The summed E-state index contributed by atoms with van der Waals surface area (Å²) in [5.74, 6) is 0.0508. The number of aliphatic hydroxyl groups is 1. The highest BCUT2D eigenvalue weighted by molar-refractivity contribution is 5.73. The van der Waals surface area contributed by atoms with Gasteiger partial charge in [0.2, 0.25) is 5.91 Å². The monoisotopic (exact) mass is 248 g/mol. The lowest BCUT2D eigenvalue weighted by atomic mass is 9.80. The molecule has 5 heteroatoms. The summed E-state index contributed by atoms with van der Waals surface area (Å²) >= 11 is 0. The first kappa shape index (κ1) is 11.4. The van der Waals surface area contributed by atoms with E-state index < -0.39 is 13.2 Å². The zero-order chi connectivity index (χ0) is 14.6. The van der Waals surface area contributed by atoms with E-state index in [0.717, 1.165) is 0 Å². The molecule has 1 heterocycles. The summed E-state index contributed by atoms with van der Waals surface area (Å²) in [7, 11) is -1.34. The molecule has 1 rings (SSSR count). The molecule has 0 aliphatic carbocycles. The quantitative estimate of drug-likeness (QED) is 0.744. The molecule has 1 aliphatic heterocycles. The fourth-order valence-electron chi connectivity index (χ4n) is 2.34. The summed E-state index contributed by atoms with van der Waals surface area (Å²) in [6.07, 6.45) is -0.769. The van der Waals surface area contributed by atoms with E-state index in [2.05, 4.69) is 5.32 Å². The molecule has 100 valence electrons. The highest BCUT2D eigenvalue weighted by Crippen LogP contribution is 2.30. The van der Waals surface area contributed by atoms with E-state index in [1.807, 2.05) is 13.8 Å². The van der Waals surface area contributed by atoms with Crippen LogP contribution in [0.3, 0.4) is 0 Å². The van der Waals surface area contributed by atoms with Gasteiger partial charge in [0.15, 0.2) is 0 Å². The summed E-state index contributed by atoms with van der Waals surface area (Å²) < 4.78 is 24.7. The van der Waals surface area contributed by atoms with Gasteiger partial charge in [-0.2, -0.15) is 0 Å². The Morgan fingerprint density at radius 2 is 2.29 bits per heavy atom. The topological polar surface area (TPSA) is 67.8 Å². The molecule has 0 spiro atoms. The minimum absolute atomic E-state index is 0.0957. The number of carbonyl (C=O) groups is 1. The lowest BCUT2D eigenvalue weighted by Gasteiger charge is -2.44. The molecule has 1 fully saturated rings. The van der Waals surface area contributed by atoms with Crippen LogP contribution >= 0.6 is 0 Å². The summed E-state index contributed by atoms with van der Waals surface area (Å²) in [5.41, 5.74) is 0. The number of rotatable bonds is 4. The van der Waals surface area contributed by atoms with E-state index in [0.29, 0.717) is 0 Å². The Labute approximate surface area is 105 Å². The predicted molar refractivity (Wildman–Crippen MR) is 63.6 cm³/mol. The van der Waals surface area contributed by atoms with E-state index in [-0.39, 0.29) is 43.1 Å². The van der Waals surface area contributed by atoms with Gasteiger partial charge in [0.05, 0.1) is 28.1 Å². The van der Waals surface area contributed by atoms with Gasteiger partial charge >= 0.3 is 0 Å². The van der Waals surface area contributed by atoms with E-state index in [4.69, 9.17) is 12.2 Å². The average Bonchev–Trinajstić information content (AvgIpc) is 2.33. The highest BCUT2D eigenvalue weighted by atomic mass is 16.5. The molecule has 2 N–H and O–H groups in total. The molecule has 0 radical (unpaired) electrons. The van der Waals surface area contributed by atoms with Crippen LogP contribution in [0.15, 0.2) is 0 Å². The first-order chi connectivity index (χ1) is 8.86. The van der Waals surface area contributed by atoms with Crippen molar-refractivity contribution in [3.63, 3.8) is 0 Å². The molecule has 6 atom stereocenters. The third-order valence-corrected chi connectivity index (χ3v) is 3.54. The standard InChI is InChI=1S/C12H23NO4/c1-7-8(2)12(13-9(3)15)10(5-14)17-11(7)6-16-4/h7-8,10-12,14H,5-6H2,1-4H3,(H,13,15)/t7-,8-,10+,11-,12-/m1/s1/i4TD/t4?,7-,8-,10+,11-,12-.